The fourth-order valence-corrected chi connectivity index (χ4v) is 4.16. The number of non-ortho nitro benzene ring substituents is 1. The summed E-state index contributed by atoms with van der Waals surface area (Å²) in [7, 11) is 0. The zero-order chi connectivity index (χ0) is 18.8. The summed E-state index contributed by atoms with van der Waals surface area (Å²) in [6.07, 6.45) is 6.72. The quantitative estimate of drug-likeness (QED) is 0.596. The minimum Gasteiger partial charge on any atom is -0.343 e. The number of amides is 1. The summed E-state index contributed by atoms with van der Waals surface area (Å²) in [6, 6.07) is 4.85. The van der Waals surface area contributed by atoms with Crippen molar-refractivity contribution in [2.45, 2.75) is 38.8 Å². The molecule has 2 saturated heterocycles. The summed E-state index contributed by atoms with van der Waals surface area (Å²) in [6.45, 7) is 4.44. The molecule has 8 nitrogen and oxygen atoms in total. The smallest absolute Gasteiger partial charge is 0.270 e. The molecule has 2 aliphatic rings. The van der Waals surface area contributed by atoms with Crippen LogP contribution in [0.25, 0.3) is 10.9 Å². The van der Waals surface area contributed by atoms with Crippen LogP contribution in [-0.4, -0.2) is 56.6 Å². The lowest BCUT2D eigenvalue weighted by Gasteiger charge is -2.32. The summed E-state index contributed by atoms with van der Waals surface area (Å²) in [4.78, 5) is 27.2. The zero-order valence-corrected chi connectivity index (χ0v) is 15.4. The molecule has 144 valence electrons. The predicted molar refractivity (Wildman–Crippen MR) is 101 cm³/mol. The highest BCUT2D eigenvalue weighted by atomic mass is 16.6. The number of rotatable bonds is 5. The largest absolute Gasteiger partial charge is 0.343 e. The van der Waals surface area contributed by atoms with E-state index in [9.17, 15) is 14.9 Å². The molecule has 2 aliphatic heterocycles. The molecule has 0 aliphatic carbocycles. The molecule has 4 rings (SSSR count). The first kappa shape index (κ1) is 17.9. The molecule has 1 aromatic carbocycles. The number of piperidine rings is 1. The third-order valence-corrected chi connectivity index (χ3v) is 5.80. The molecule has 0 bridgehead atoms. The second-order valence-electron chi connectivity index (χ2n) is 7.64. The van der Waals surface area contributed by atoms with E-state index in [0.29, 0.717) is 24.9 Å². The molecule has 1 amide bonds. The molecule has 0 spiro atoms. The van der Waals surface area contributed by atoms with Crippen LogP contribution in [0.3, 0.4) is 0 Å². The SMILES string of the molecule is O=C(CC1CCN(Cn2ncc3cc([N+](=O)[O-])ccc32)CC1)N1CCCC1. The monoisotopic (exact) mass is 371 g/mol. The lowest BCUT2D eigenvalue weighted by molar-refractivity contribution is -0.384. The summed E-state index contributed by atoms with van der Waals surface area (Å²) in [5.74, 6) is 0.803. The Balaban J connectivity index is 1.32. The molecule has 0 atom stereocenters. The highest BCUT2D eigenvalue weighted by Crippen LogP contribution is 2.25. The van der Waals surface area contributed by atoms with E-state index >= 15 is 0 Å². The van der Waals surface area contributed by atoms with Crippen molar-refractivity contribution in [1.29, 1.82) is 0 Å². The van der Waals surface area contributed by atoms with Gasteiger partial charge < -0.3 is 4.90 Å². The zero-order valence-electron chi connectivity index (χ0n) is 15.4. The van der Waals surface area contributed by atoms with Gasteiger partial charge in [-0.3, -0.25) is 24.5 Å². The van der Waals surface area contributed by atoms with Crippen molar-refractivity contribution in [2.75, 3.05) is 26.2 Å². The van der Waals surface area contributed by atoms with Crippen molar-refractivity contribution in [3.8, 4) is 0 Å². The second kappa shape index (κ2) is 7.64. The van der Waals surface area contributed by atoms with E-state index in [-0.39, 0.29) is 10.6 Å². The Bertz CT molecular complexity index is 835. The van der Waals surface area contributed by atoms with Gasteiger partial charge in [-0.2, -0.15) is 5.10 Å². The molecule has 8 heteroatoms. The third-order valence-electron chi connectivity index (χ3n) is 5.80. The third kappa shape index (κ3) is 3.95. The average molecular weight is 371 g/mol. The van der Waals surface area contributed by atoms with Gasteiger partial charge in [0, 0.05) is 50.1 Å². The number of nitro benzene ring substituents is 1. The standard InChI is InChI=1S/C19H25N5O3/c25-19(22-7-1-2-8-22)11-15-5-9-21(10-6-15)14-23-18-4-3-17(24(26)27)12-16(18)13-20-23/h3-4,12-13,15H,1-2,5-11,14H2. The Labute approximate surface area is 157 Å². The second-order valence-corrected chi connectivity index (χ2v) is 7.64. The van der Waals surface area contributed by atoms with Crippen molar-refractivity contribution >= 4 is 22.5 Å². The molecule has 0 unspecified atom stereocenters. The van der Waals surface area contributed by atoms with E-state index in [1.54, 1.807) is 18.3 Å². The van der Waals surface area contributed by atoms with E-state index in [2.05, 4.69) is 10.00 Å². The fourth-order valence-electron chi connectivity index (χ4n) is 4.16. The average Bonchev–Trinajstić information content (AvgIpc) is 3.33. The predicted octanol–water partition coefficient (Wildman–Crippen LogP) is 2.63. The maximum absolute atomic E-state index is 12.3. The molecular weight excluding hydrogens is 346 g/mol. The van der Waals surface area contributed by atoms with Gasteiger partial charge in [-0.1, -0.05) is 0 Å². The Morgan fingerprint density at radius 3 is 2.63 bits per heavy atom. The van der Waals surface area contributed by atoms with Gasteiger partial charge in [0.1, 0.15) is 0 Å². The van der Waals surface area contributed by atoms with Crippen molar-refractivity contribution in [3.05, 3.63) is 34.5 Å². The van der Waals surface area contributed by atoms with Crippen LogP contribution >= 0.6 is 0 Å². The fraction of sp³-hybridized carbons (Fsp3) is 0.579. The molecule has 3 heterocycles. The van der Waals surface area contributed by atoms with E-state index in [1.165, 1.54) is 6.07 Å². The molecule has 1 aromatic heterocycles. The van der Waals surface area contributed by atoms with Crippen molar-refractivity contribution in [1.82, 2.24) is 19.6 Å². The lowest BCUT2D eigenvalue weighted by Crippen LogP contribution is -2.37. The van der Waals surface area contributed by atoms with E-state index in [4.69, 9.17) is 0 Å². The van der Waals surface area contributed by atoms with Crippen LogP contribution in [0.15, 0.2) is 24.4 Å². The van der Waals surface area contributed by atoms with Gasteiger partial charge >= 0.3 is 0 Å². The highest BCUT2D eigenvalue weighted by Gasteiger charge is 2.25. The topological polar surface area (TPSA) is 84.5 Å². The number of fused-ring (bicyclic) bond motifs is 1. The van der Waals surface area contributed by atoms with Crippen molar-refractivity contribution in [2.24, 2.45) is 5.92 Å². The lowest BCUT2D eigenvalue weighted by atomic mass is 9.93. The maximum atomic E-state index is 12.3. The van der Waals surface area contributed by atoms with Crippen LogP contribution in [-0.2, 0) is 11.5 Å². The number of likely N-dealkylation sites (tertiary alicyclic amines) is 2. The first-order chi connectivity index (χ1) is 13.1. The van der Waals surface area contributed by atoms with Gasteiger partial charge in [-0.25, -0.2) is 0 Å². The van der Waals surface area contributed by atoms with Crippen molar-refractivity contribution in [3.63, 3.8) is 0 Å². The number of aromatic nitrogens is 2. The van der Waals surface area contributed by atoms with E-state index in [0.717, 1.165) is 62.8 Å². The summed E-state index contributed by atoms with van der Waals surface area (Å²) in [5, 5.41) is 16.1. The van der Waals surface area contributed by atoms with E-state index in [1.807, 2.05) is 9.58 Å². The summed E-state index contributed by atoms with van der Waals surface area (Å²) >= 11 is 0. The number of nitro groups is 1. The Hall–Kier alpha value is -2.48. The van der Waals surface area contributed by atoms with Crippen LogP contribution < -0.4 is 0 Å². The Kier molecular flexibility index (Phi) is 5.07. The van der Waals surface area contributed by atoms with Crippen LogP contribution in [0.1, 0.15) is 32.1 Å². The van der Waals surface area contributed by atoms with Gasteiger partial charge in [0.15, 0.2) is 0 Å². The summed E-state index contributed by atoms with van der Waals surface area (Å²) < 4.78 is 1.90. The number of hydrogen-bond acceptors (Lipinski definition) is 5. The molecule has 27 heavy (non-hydrogen) atoms. The molecule has 0 saturated carbocycles. The van der Waals surface area contributed by atoms with Crippen LogP contribution in [0.4, 0.5) is 5.69 Å². The van der Waals surface area contributed by atoms with Gasteiger partial charge in [0.2, 0.25) is 5.91 Å². The summed E-state index contributed by atoms with van der Waals surface area (Å²) in [5.41, 5.74) is 0.998. The molecule has 2 aromatic rings. The highest BCUT2D eigenvalue weighted by molar-refractivity contribution is 5.81. The van der Waals surface area contributed by atoms with Gasteiger partial charge in [0.05, 0.1) is 23.3 Å². The van der Waals surface area contributed by atoms with E-state index < -0.39 is 0 Å². The minimum absolute atomic E-state index is 0.0885. The minimum atomic E-state index is -0.384. The van der Waals surface area contributed by atoms with Crippen LogP contribution in [0.5, 0.6) is 0 Å². The number of carbonyl (C=O) groups excluding carboxylic acids is 1. The van der Waals surface area contributed by atoms with Crippen LogP contribution in [0, 0.1) is 16.0 Å². The first-order valence-corrected chi connectivity index (χ1v) is 9.70. The molecule has 0 radical (unpaired) electrons. The Morgan fingerprint density at radius 1 is 1.19 bits per heavy atom. The number of nitrogens with zero attached hydrogens (tertiary/aromatic N) is 5. The van der Waals surface area contributed by atoms with Gasteiger partial charge in [-0.15, -0.1) is 0 Å². The maximum Gasteiger partial charge on any atom is 0.270 e. The molecule has 2 fully saturated rings. The molecule has 0 N–H and O–H groups in total. The number of hydrogen-bond donors (Lipinski definition) is 0. The number of carbonyl (C=O) groups is 1. The van der Waals surface area contributed by atoms with Gasteiger partial charge in [-0.05, 0) is 37.7 Å². The molecular formula is C19H25N5O3. The normalized spacial score (nSPS) is 19.0. The van der Waals surface area contributed by atoms with Gasteiger partial charge in [0.25, 0.3) is 5.69 Å². The first-order valence-electron chi connectivity index (χ1n) is 9.70. The van der Waals surface area contributed by atoms with Crippen LogP contribution in [0.2, 0.25) is 0 Å². The van der Waals surface area contributed by atoms with Crippen molar-refractivity contribution < 1.29 is 9.72 Å². The number of benzene rings is 1. The Morgan fingerprint density at radius 2 is 1.93 bits per heavy atom.